The first-order valence-electron chi connectivity index (χ1n) is 8.13. The minimum atomic E-state index is -0.407. The first-order chi connectivity index (χ1) is 11.0. The zero-order chi connectivity index (χ0) is 16.4. The second kappa shape index (κ2) is 6.41. The summed E-state index contributed by atoms with van der Waals surface area (Å²) in [6, 6.07) is 1.63. The van der Waals surface area contributed by atoms with Crippen LogP contribution < -0.4 is 5.32 Å². The number of nitrogens with zero attached hydrogens (tertiary/aromatic N) is 2. The maximum atomic E-state index is 11.2. The van der Waals surface area contributed by atoms with E-state index in [1.165, 1.54) is 0 Å². The van der Waals surface area contributed by atoms with Crippen LogP contribution in [-0.2, 0) is 4.74 Å². The number of ether oxygens (including phenoxy) is 1. The van der Waals surface area contributed by atoms with Crippen LogP contribution in [0.25, 0.3) is 0 Å². The Labute approximate surface area is 135 Å². The molecule has 1 aliphatic heterocycles. The molecule has 1 saturated heterocycles. The van der Waals surface area contributed by atoms with Gasteiger partial charge in [0.25, 0.3) is 0 Å². The van der Waals surface area contributed by atoms with Crippen molar-refractivity contribution in [3.63, 3.8) is 0 Å². The van der Waals surface area contributed by atoms with Crippen LogP contribution in [0.5, 0.6) is 0 Å². The van der Waals surface area contributed by atoms with E-state index in [9.17, 15) is 15.2 Å². The Bertz CT molecular complexity index is 587. The maximum Gasteiger partial charge on any atom is 0.314 e. The molecule has 1 aliphatic carbocycles. The minimum Gasteiger partial charge on any atom is -0.392 e. The summed E-state index contributed by atoms with van der Waals surface area (Å²) in [7, 11) is 0. The monoisotopic (exact) mass is 321 g/mol. The van der Waals surface area contributed by atoms with E-state index in [4.69, 9.17) is 4.74 Å². The van der Waals surface area contributed by atoms with Gasteiger partial charge >= 0.3 is 5.69 Å². The van der Waals surface area contributed by atoms with Gasteiger partial charge in [0.2, 0.25) is 5.82 Å². The summed E-state index contributed by atoms with van der Waals surface area (Å²) in [5.41, 5.74) is 0.567. The van der Waals surface area contributed by atoms with Gasteiger partial charge < -0.3 is 15.2 Å². The molecule has 0 radical (unpaired) electrons. The molecule has 7 heteroatoms. The molecule has 1 spiro atoms. The lowest BCUT2D eigenvalue weighted by Crippen LogP contribution is -2.40. The SMILES string of the molecule is Cc1ccnc(NC[C@H]2CCC3(CCOCC3)[C@H]2O)c1[N+](=O)[O-]. The number of aromatic nitrogens is 1. The number of aliphatic hydroxyl groups excluding tert-OH is 1. The van der Waals surface area contributed by atoms with Crippen LogP contribution in [0.3, 0.4) is 0 Å². The summed E-state index contributed by atoms with van der Waals surface area (Å²) in [4.78, 5) is 14.9. The number of rotatable bonds is 4. The fourth-order valence-corrected chi connectivity index (χ4v) is 3.95. The molecular weight excluding hydrogens is 298 g/mol. The number of aryl methyl sites for hydroxylation is 1. The summed E-state index contributed by atoms with van der Waals surface area (Å²) in [5, 5.41) is 25.0. The van der Waals surface area contributed by atoms with E-state index >= 15 is 0 Å². The van der Waals surface area contributed by atoms with E-state index in [-0.39, 0.29) is 28.9 Å². The van der Waals surface area contributed by atoms with Gasteiger partial charge in [0.1, 0.15) is 0 Å². The quantitative estimate of drug-likeness (QED) is 0.652. The molecule has 23 heavy (non-hydrogen) atoms. The minimum absolute atomic E-state index is 0.0146. The molecule has 1 aromatic heterocycles. The Balaban J connectivity index is 1.68. The first kappa shape index (κ1) is 16.1. The molecule has 0 amide bonds. The van der Waals surface area contributed by atoms with Crippen molar-refractivity contribution in [2.45, 2.75) is 38.7 Å². The standard InChI is InChI=1S/C16H23N3O4/c1-11-3-7-17-15(13(11)19(21)22)18-10-12-2-4-16(14(12)20)5-8-23-9-6-16/h3,7,12,14,20H,2,4-6,8-10H2,1H3,(H,17,18)/t12-,14+/m1/s1. The lowest BCUT2D eigenvalue weighted by molar-refractivity contribution is -0.384. The highest BCUT2D eigenvalue weighted by Crippen LogP contribution is 2.48. The predicted octanol–water partition coefficient (Wildman–Crippen LogP) is 2.28. The highest BCUT2D eigenvalue weighted by molar-refractivity contribution is 5.59. The lowest BCUT2D eigenvalue weighted by Gasteiger charge is -2.37. The van der Waals surface area contributed by atoms with Crippen LogP contribution in [0.2, 0.25) is 0 Å². The normalized spacial score (nSPS) is 26.3. The van der Waals surface area contributed by atoms with Gasteiger partial charge in [-0.05, 0) is 38.7 Å². The van der Waals surface area contributed by atoms with Crippen LogP contribution in [0.15, 0.2) is 12.3 Å². The number of hydrogen-bond donors (Lipinski definition) is 2. The van der Waals surface area contributed by atoms with Crippen LogP contribution in [0.4, 0.5) is 11.5 Å². The van der Waals surface area contributed by atoms with Gasteiger partial charge in [-0.15, -0.1) is 0 Å². The fraction of sp³-hybridized carbons (Fsp3) is 0.688. The van der Waals surface area contributed by atoms with Crippen molar-refractivity contribution >= 4 is 11.5 Å². The van der Waals surface area contributed by atoms with Crippen molar-refractivity contribution in [2.75, 3.05) is 25.1 Å². The molecule has 2 aliphatic rings. The summed E-state index contributed by atoms with van der Waals surface area (Å²) >= 11 is 0. The van der Waals surface area contributed by atoms with Crippen molar-refractivity contribution in [3.05, 3.63) is 27.9 Å². The third-order valence-corrected chi connectivity index (χ3v) is 5.42. The molecule has 0 unspecified atom stereocenters. The van der Waals surface area contributed by atoms with E-state index in [1.807, 2.05) is 0 Å². The number of nitrogens with one attached hydrogen (secondary N) is 1. The molecular formula is C16H23N3O4. The van der Waals surface area contributed by atoms with E-state index in [0.717, 1.165) is 25.7 Å². The van der Waals surface area contributed by atoms with Gasteiger partial charge in [0.05, 0.1) is 11.0 Å². The Morgan fingerprint density at radius 3 is 2.91 bits per heavy atom. The molecule has 2 fully saturated rings. The Hall–Kier alpha value is -1.73. The van der Waals surface area contributed by atoms with Gasteiger partial charge in [-0.2, -0.15) is 0 Å². The van der Waals surface area contributed by atoms with Crippen molar-refractivity contribution < 1.29 is 14.8 Å². The molecule has 1 saturated carbocycles. The average Bonchev–Trinajstić information content (AvgIpc) is 2.82. The maximum absolute atomic E-state index is 11.2. The molecule has 2 N–H and O–H groups in total. The van der Waals surface area contributed by atoms with Crippen LogP contribution >= 0.6 is 0 Å². The highest BCUT2D eigenvalue weighted by Gasteiger charge is 2.48. The first-order valence-corrected chi connectivity index (χ1v) is 8.13. The van der Waals surface area contributed by atoms with Gasteiger partial charge in [-0.25, -0.2) is 4.98 Å². The molecule has 3 rings (SSSR count). The van der Waals surface area contributed by atoms with Crippen molar-refractivity contribution in [1.29, 1.82) is 0 Å². The summed E-state index contributed by atoms with van der Waals surface area (Å²) in [6.45, 7) is 3.62. The molecule has 7 nitrogen and oxygen atoms in total. The van der Waals surface area contributed by atoms with Gasteiger partial charge in [-0.1, -0.05) is 0 Å². The average molecular weight is 321 g/mol. The lowest BCUT2D eigenvalue weighted by atomic mass is 9.76. The molecule has 0 bridgehead atoms. The second-order valence-electron chi connectivity index (χ2n) is 6.68. The number of pyridine rings is 1. The van der Waals surface area contributed by atoms with E-state index < -0.39 is 4.92 Å². The zero-order valence-electron chi connectivity index (χ0n) is 13.3. The Kier molecular flexibility index (Phi) is 4.50. The number of aliphatic hydroxyl groups is 1. The Morgan fingerprint density at radius 1 is 1.48 bits per heavy atom. The van der Waals surface area contributed by atoms with Crippen molar-refractivity contribution in [1.82, 2.24) is 4.98 Å². The highest BCUT2D eigenvalue weighted by atomic mass is 16.6. The van der Waals surface area contributed by atoms with Crippen LogP contribution in [0.1, 0.15) is 31.2 Å². The van der Waals surface area contributed by atoms with Crippen LogP contribution in [0, 0.1) is 28.4 Å². The third-order valence-electron chi connectivity index (χ3n) is 5.42. The van der Waals surface area contributed by atoms with E-state index in [1.54, 1.807) is 19.2 Å². The molecule has 1 aromatic rings. The summed E-state index contributed by atoms with van der Waals surface area (Å²) < 4.78 is 5.41. The topological polar surface area (TPSA) is 97.5 Å². The summed E-state index contributed by atoms with van der Waals surface area (Å²) in [5.74, 6) is 0.380. The second-order valence-corrected chi connectivity index (χ2v) is 6.68. The van der Waals surface area contributed by atoms with E-state index in [0.29, 0.717) is 25.3 Å². The van der Waals surface area contributed by atoms with Gasteiger partial charge in [0, 0.05) is 42.9 Å². The molecule has 2 atom stereocenters. The van der Waals surface area contributed by atoms with Gasteiger partial charge in [0.15, 0.2) is 0 Å². The number of nitro groups is 1. The van der Waals surface area contributed by atoms with Crippen molar-refractivity contribution in [2.24, 2.45) is 11.3 Å². The predicted molar refractivity (Wildman–Crippen MR) is 85.3 cm³/mol. The number of anilines is 1. The van der Waals surface area contributed by atoms with Gasteiger partial charge in [-0.3, -0.25) is 10.1 Å². The van der Waals surface area contributed by atoms with Crippen molar-refractivity contribution in [3.8, 4) is 0 Å². The largest absolute Gasteiger partial charge is 0.392 e. The molecule has 126 valence electrons. The fourth-order valence-electron chi connectivity index (χ4n) is 3.95. The molecule has 2 heterocycles. The third kappa shape index (κ3) is 3.03. The smallest absolute Gasteiger partial charge is 0.314 e. The van der Waals surface area contributed by atoms with E-state index in [2.05, 4.69) is 10.3 Å². The number of hydrogen-bond acceptors (Lipinski definition) is 6. The van der Waals surface area contributed by atoms with Crippen LogP contribution in [-0.4, -0.2) is 40.9 Å². The zero-order valence-corrected chi connectivity index (χ0v) is 13.3. The molecule has 0 aromatic carbocycles. The summed E-state index contributed by atoms with van der Waals surface area (Å²) in [6.07, 6.45) is 4.89. The Morgan fingerprint density at radius 2 is 2.22 bits per heavy atom.